The van der Waals surface area contributed by atoms with Gasteiger partial charge in [-0.3, -0.25) is 4.79 Å². The van der Waals surface area contributed by atoms with Gasteiger partial charge in [-0.05, 0) is 41.8 Å². The largest absolute Gasteiger partial charge is 0.349 e. The predicted octanol–water partition coefficient (Wildman–Crippen LogP) is -0.266. The molecule has 0 spiro atoms. The number of carbonyl (C=O) groups is 1. The van der Waals surface area contributed by atoms with E-state index in [1.165, 1.54) is 4.52 Å². The van der Waals surface area contributed by atoms with Gasteiger partial charge in [-0.15, -0.1) is 5.10 Å². The van der Waals surface area contributed by atoms with Crippen LogP contribution in [-0.4, -0.2) is 38.0 Å². The lowest BCUT2D eigenvalue weighted by molar-refractivity contribution is 0.0937. The highest BCUT2D eigenvalue weighted by molar-refractivity contribution is 5.95. The Bertz CT molecular complexity index is 580. The van der Waals surface area contributed by atoms with E-state index in [1.54, 1.807) is 18.3 Å². The maximum absolute atomic E-state index is 12.0. The summed E-state index contributed by atoms with van der Waals surface area (Å²) in [5, 5.41) is 14.1. The fourth-order valence-electron chi connectivity index (χ4n) is 2.30. The summed E-state index contributed by atoms with van der Waals surface area (Å²) < 4.78 is 1.52. The van der Waals surface area contributed by atoms with Crippen LogP contribution < -0.4 is 11.1 Å². The second kappa shape index (κ2) is 4.34. The van der Waals surface area contributed by atoms with Crippen molar-refractivity contribution in [1.82, 2.24) is 25.4 Å². The maximum atomic E-state index is 12.0. The third-order valence-electron chi connectivity index (χ3n) is 3.27. The molecule has 0 bridgehead atoms. The summed E-state index contributed by atoms with van der Waals surface area (Å²) in [5.41, 5.74) is 6.95. The Labute approximate surface area is 103 Å². The average Bonchev–Trinajstić information content (AvgIpc) is 2.96. The van der Waals surface area contributed by atoms with Gasteiger partial charge < -0.3 is 11.1 Å². The van der Waals surface area contributed by atoms with Crippen LogP contribution in [0.5, 0.6) is 0 Å². The number of tetrazole rings is 1. The number of aromatic nitrogens is 4. The van der Waals surface area contributed by atoms with Crippen molar-refractivity contribution in [1.29, 1.82) is 0 Å². The van der Waals surface area contributed by atoms with Gasteiger partial charge in [0.25, 0.3) is 5.91 Å². The average molecular weight is 246 g/mol. The second-order valence-corrected chi connectivity index (χ2v) is 4.64. The Morgan fingerprint density at radius 3 is 3.17 bits per heavy atom. The minimum Gasteiger partial charge on any atom is -0.349 e. The molecule has 0 unspecified atom stereocenters. The van der Waals surface area contributed by atoms with Crippen LogP contribution in [0.15, 0.2) is 18.3 Å². The molecule has 0 aromatic carbocycles. The molecule has 3 rings (SSSR count). The normalized spacial score (nSPS) is 23.4. The van der Waals surface area contributed by atoms with Crippen LogP contribution >= 0.6 is 0 Å². The van der Waals surface area contributed by atoms with Crippen LogP contribution in [-0.2, 0) is 0 Å². The fourth-order valence-corrected chi connectivity index (χ4v) is 2.30. The lowest BCUT2D eigenvalue weighted by Crippen LogP contribution is -2.34. The van der Waals surface area contributed by atoms with Gasteiger partial charge in [0.15, 0.2) is 5.65 Å². The van der Waals surface area contributed by atoms with Crippen molar-refractivity contribution in [3.63, 3.8) is 0 Å². The van der Waals surface area contributed by atoms with Gasteiger partial charge in [0, 0.05) is 23.8 Å². The topological polar surface area (TPSA) is 98.2 Å². The minimum atomic E-state index is -0.0976. The van der Waals surface area contributed by atoms with E-state index in [1.807, 2.05) is 0 Å². The molecule has 0 saturated heterocycles. The number of nitrogens with two attached hydrogens (primary N) is 1. The summed E-state index contributed by atoms with van der Waals surface area (Å²) in [7, 11) is 0. The van der Waals surface area contributed by atoms with E-state index in [9.17, 15) is 4.79 Å². The van der Waals surface area contributed by atoms with Gasteiger partial charge in [-0.1, -0.05) is 0 Å². The summed E-state index contributed by atoms with van der Waals surface area (Å²) in [4.78, 5) is 12.0. The molecule has 0 radical (unpaired) electrons. The van der Waals surface area contributed by atoms with Crippen molar-refractivity contribution in [2.75, 3.05) is 0 Å². The molecule has 0 aliphatic heterocycles. The molecular formula is C11H14N6O. The van der Waals surface area contributed by atoms with Crippen molar-refractivity contribution in [3.05, 3.63) is 23.9 Å². The first-order valence-electron chi connectivity index (χ1n) is 5.96. The van der Waals surface area contributed by atoms with E-state index in [0.717, 1.165) is 19.3 Å². The summed E-state index contributed by atoms with van der Waals surface area (Å²) in [6.45, 7) is 0. The highest BCUT2D eigenvalue weighted by Crippen LogP contribution is 2.17. The van der Waals surface area contributed by atoms with Gasteiger partial charge in [0.2, 0.25) is 0 Å². The first-order chi connectivity index (χ1) is 8.72. The Kier molecular flexibility index (Phi) is 2.67. The molecule has 1 fully saturated rings. The molecule has 1 aliphatic rings. The molecule has 2 heterocycles. The number of nitrogens with zero attached hydrogens (tertiary/aromatic N) is 4. The number of carbonyl (C=O) groups excluding carboxylic acids is 1. The van der Waals surface area contributed by atoms with Crippen LogP contribution in [0.1, 0.15) is 29.6 Å². The number of rotatable bonds is 2. The fraction of sp³-hybridized carbons (Fsp3) is 0.455. The van der Waals surface area contributed by atoms with Crippen molar-refractivity contribution in [2.45, 2.75) is 31.3 Å². The van der Waals surface area contributed by atoms with E-state index >= 15 is 0 Å². The van der Waals surface area contributed by atoms with Crippen LogP contribution in [0.25, 0.3) is 5.65 Å². The summed E-state index contributed by atoms with van der Waals surface area (Å²) in [6.07, 6.45) is 4.44. The summed E-state index contributed by atoms with van der Waals surface area (Å²) in [5.74, 6) is -0.0976. The Hall–Kier alpha value is -2.02. The molecule has 2 aromatic heterocycles. The van der Waals surface area contributed by atoms with Gasteiger partial charge >= 0.3 is 0 Å². The minimum absolute atomic E-state index is 0.0976. The zero-order valence-electron chi connectivity index (χ0n) is 9.78. The number of pyridine rings is 1. The number of hydrogen-bond donors (Lipinski definition) is 2. The molecule has 94 valence electrons. The highest BCUT2D eigenvalue weighted by atomic mass is 16.1. The van der Waals surface area contributed by atoms with Crippen LogP contribution in [0.4, 0.5) is 0 Å². The molecule has 7 heteroatoms. The molecule has 3 N–H and O–H groups in total. The first kappa shape index (κ1) is 11.1. The molecule has 1 saturated carbocycles. The van der Waals surface area contributed by atoms with Gasteiger partial charge in [-0.2, -0.15) is 0 Å². The van der Waals surface area contributed by atoms with E-state index in [4.69, 9.17) is 5.73 Å². The summed E-state index contributed by atoms with van der Waals surface area (Å²) in [6, 6.07) is 3.76. The third kappa shape index (κ3) is 2.04. The Morgan fingerprint density at radius 1 is 1.50 bits per heavy atom. The van der Waals surface area contributed by atoms with E-state index in [2.05, 4.69) is 20.8 Å². The Balaban J connectivity index is 1.75. The number of nitrogens with one attached hydrogen (secondary N) is 1. The number of amides is 1. The van der Waals surface area contributed by atoms with Crippen LogP contribution in [0, 0.1) is 0 Å². The standard InChI is InChI=1S/C11H14N6O/c12-8-1-2-9(6-8)13-11(18)7-3-4-17-10(5-7)14-15-16-17/h3-5,8-9H,1-2,6,12H2,(H,13,18)/t8-,9-/m0/s1. The van der Waals surface area contributed by atoms with Gasteiger partial charge in [0.05, 0.1) is 0 Å². The highest BCUT2D eigenvalue weighted by Gasteiger charge is 2.23. The zero-order chi connectivity index (χ0) is 12.5. The van der Waals surface area contributed by atoms with Crippen LogP contribution in [0.2, 0.25) is 0 Å². The Morgan fingerprint density at radius 2 is 2.39 bits per heavy atom. The van der Waals surface area contributed by atoms with Crippen molar-refractivity contribution in [3.8, 4) is 0 Å². The first-order valence-corrected chi connectivity index (χ1v) is 5.96. The van der Waals surface area contributed by atoms with Gasteiger partial charge in [0.1, 0.15) is 0 Å². The van der Waals surface area contributed by atoms with E-state index in [-0.39, 0.29) is 18.0 Å². The lowest BCUT2D eigenvalue weighted by Gasteiger charge is -2.12. The third-order valence-corrected chi connectivity index (χ3v) is 3.27. The molecule has 1 aliphatic carbocycles. The van der Waals surface area contributed by atoms with E-state index in [0.29, 0.717) is 11.2 Å². The monoisotopic (exact) mass is 246 g/mol. The lowest BCUT2D eigenvalue weighted by atomic mass is 10.2. The molecular weight excluding hydrogens is 232 g/mol. The van der Waals surface area contributed by atoms with Crippen molar-refractivity contribution >= 4 is 11.6 Å². The number of hydrogen-bond acceptors (Lipinski definition) is 5. The zero-order valence-corrected chi connectivity index (χ0v) is 9.78. The smallest absolute Gasteiger partial charge is 0.251 e. The molecule has 2 aromatic rings. The molecule has 18 heavy (non-hydrogen) atoms. The summed E-state index contributed by atoms with van der Waals surface area (Å²) >= 11 is 0. The van der Waals surface area contributed by atoms with E-state index < -0.39 is 0 Å². The molecule has 1 amide bonds. The second-order valence-electron chi connectivity index (χ2n) is 4.64. The SMILES string of the molecule is N[C@H]1CC[C@H](NC(=O)c2ccn3nnnc3c2)C1. The molecule has 2 atom stereocenters. The van der Waals surface area contributed by atoms with Crippen LogP contribution in [0.3, 0.4) is 0 Å². The van der Waals surface area contributed by atoms with Gasteiger partial charge in [-0.25, -0.2) is 4.52 Å². The van der Waals surface area contributed by atoms with Crippen molar-refractivity contribution < 1.29 is 4.79 Å². The molecule has 7 nitrogen and oxygen atoms in total. The quantitative estimate of drug-likeness (QED) is 0.760. The predicted molar refractivity (Wildman–Crippen MR) is 63.9 cm³/mol. The van der Waals surface area contributed by atoms with Crippen molar-refractivity contribution in [2.24, 2.45) is 5.73 Å². The maximum Gasteiger partial charge on any atom is 0.251 e. The number of fused-ring (bicyclic) bond motifs is 1.